The molecule has 4 nitrogen and oxygen atoms in total. The highest BCUT2D eigenvalue weighted by Gasteiger charge is 2.27. The Bertz CT molecular complexity index is 487. The van der Waals surface area contributed by atoms with E-state index in [9.17, 15) is 9.90 Å². The summed E-state index contributed by atoms with van der Waals surface area (Å²) in [7, 11) is 0. The second-order valence-electron chi connectivity index (χ2n) is 5.60. The molecule has 4 heteroatoms. The van der Waals surface area contributed by atoms with Crippen molar-refractivity contribution in [3.8, 4) is 5.75 Å². The first-order chi connectivity index (χ1) is 10.2. The molecular formula is C17H25NO3. The summed E-state index contributed by atoms with van der Waals surface area (Å²) >= 11 is 0. The van der Waals surface area contributed by atoms with Crippen molar-refractivity contribution in [1.82, 2.24) is 5.32 Å². The van der Waals surface area contributed by atoms with Crippen molar-refractivity contribution in [1.29, 1.82) is 0 Å². The molecule has 0 radical (unpaired) electrons. The Labute approximate surface area is 126 Å². The lowest BCUT2D eigenvalue weighted by Crippen LogP contribution is -2.27. The number of ether oxygens (including phenoxy) is 1. The van der Waals surface area contributed by atoms with Gasteiger partial charge in [-0.2, -0.15) is 0 Å². The predicted octanol–water partition coefficient (Wildman–Crippen LogP) is 3.31. The predicted molar refractivity (Wildman–Crippen MR) is 82.8 cm³/mol. The fourth-order valence-electron chi connectivity index (χ4n) is 2.91. The highest BCUT2D eigenvalue weighted by Crippen LogP contribution is 2.37. The third kappa shape index (κ3) is 3.76. The van der Waals surface area contributed by atoms with Crippen LogP contribution in [0.15, 0.2) is 18.2 Å². The topological polar surface area (TPSA) is 58.6 Å². The zero-order valence-electron chi connectivity index (χ0n) is 12.9. The number of hydrogen-bond donors (Lipinski definition) is 2. The summed E-state index contributed by atoms with van der Waals surface area (Å²) in [6, 6.07) is 6.35. The van der Waals surface area contributed by atoms with E-state index in [2.05, 4.69) is 18.3 Å². The summed E-state index contributed by atoms with van der Waals surface area (Å²) in [6.07, 6.45) is 3.71. The molecule has 1 aliphatic rings. The van der Waals surface area contributed by atoms with Crippen molar-refractivity contribution in [2.45, 2.75) is 58.1 Å². The number of benzene rings is 1. The molecule has 0 aromatic heterocycles. The zero-order chi connectivity index (χ0) is 15.2. The van der Waals surface area contributed by atoms with Crippen LogP contribution in [0.3, 0.4) is 0 Å². The van der Waals surface area contributed by atoms with Crippen LogP contribution in [0.1, 0.15) is 56.7 Å². The number of rotatable bonds is 8. The van der Waals surface area contributed by atoms with Crippen molar-refractivity contribution >= 4 is 5.97 Å². The van der Waals surface area contributed by atoms with Gasteiger partial charge in [-0.05, 0) is 49.4 Å². The highest BCUT2D eigenvalue weighted by atomic mass is 16.5. The molecule has 116 valence electrons. The number of aliphatic carboxylic acids is 1. The average Bonchev–Trinajstić information content (AvgIpc) is 2.88. The fourth-order valence-corrected chi connectivity index (χ4v) is 2.91. The van der Waals surface area contributed by atoms with Crippen molar-refractivity contribution < 1.29 is 14.6 Å². The van der Waals surface area contributed by atoms with Crippen LogP contribution in [0.5, 0.6) is 5.75 Å². The summed E-state index contributed by atoms with van der Waals surface area (Å²) in [5.74, 6) is -0.137. The molecule has 2 rings (SSSR count). The van der Waals surface area contributed by atoms with Crippen molar-refractivity contribution in [2.24, 2.45) is 0 Å². The summed E-state index contributed by atoms with van der Waals surface area (Å²) in [6.45, 7) is 5.13. The van der Waals surface area contributed by atoms with Crippen LogP contribution in [0.2, 0.25) is 0 Å². The first kappa shape index (κ1) is 15.8. The van der Waals surface area contributed by atoms with Gasteiger partial charge >= 0.3 is 5.97 Å². The minimum Gasteiger partial charge on any atom is -0.479 e. The van der Waals surface area contributed by atoms with Crippen LogP contribution in [0, 0.1) is 0 Å². The maximum Gasteiger partial charge on any atom is 0.344 e. The van der Waals surface area contributed by atoms with Crippen molar-refractivity contribution in [3.05, 3.63) is 29.3 Å². The standard InChI is InChI=1S/C17H25NO3/c1-3-6-16(17(19)20)21-15-8-5-7-12-13(15)9-10-14(12)18-11-4-2/h5,7-8,14,16,18H,3-4,6,9-11H2,1-2H3,(H,19,20). The molecule has 21 heavy (non-hydrogen) atoms. The van der Waals surface area contributed by atoms with Crippen LogP contribution in [0.25, 0.3) is 0 Å². The smallest absolute Gasteiger partial charge is 0.344 e. The molecule has 1 aromatic rings. The van der Waals surface area contributed by atoms with E-state index in [1.807, 2.05) is 19.1 Å². The third-order valence-corrected chi connectivity index (χ3v) is 3.96. The molecule has 2 N–H and O–H groups in total. The Morgan fingerprint density at radius 3 is 2.90 bits per heavy atom. The van der Waals surface area contributed by atoms with E-state index in [0.29, 0.717) is 12.5 Å². The molecule has 0 heterocycles. The molecule has 0 bridgehead atoms. The molecule has 0 spiro atoms. The Morgan fingerprint density at radius 2 is 2.24 bits per heavy atom. The summed E-state index contributed by atoms with van der Waals surface area (Å²) in [4.78, 5) is 11.3. The van der Waals surface area contributed by atoms with E-state index >= 15 is 0 Å². The Morgan fingerprint density at radius 1 is 1.43 bits per heavy atom. The number of nitrogens with one attached hydrogen (secondary N) is 1. The van der Waals surface area contributed by atoms with Gasteiger partial charge in [0.05, 0.1) is 0 Å². The molecule has 0 fully saturated rings. The number of hydrogen-bond acceptors (Lipinski definition) is 3. The lowest BCUT2D eigenvalue weighted by atomic mass is 10.1. The van der Waals surface area contributed by atoms with E-state index in [4.69, 9.17) is 4.74 Å². The molecular weight excluding hydrogens is 266 g/mol. The summed E-state index contributed by atoms with van der Waals surface area (Å²) in [5, 5.41) is 12.8. The van der Waals surface area contributed by atoms with E-state index in [-0.39, 0.29) is 0 Å². The number of carboxylic acids is 1. The van der Waals surface area contributed by atoms with Crippen molar-refractivity contribution in [2.75, 3.05) is 6.54 Å². The highest BCUT2D eigenvalue weighted by molar-refractivity contribution is 5.72. The van der Waals surface area contributed by atoms with Gasteiger partial charge in [-0.25, -0.2) is 4.79 Å². The Kier molecular flexibility index (Phi) is 5.62. The number of carbonyl (C=O) groups is 1. The van der Waals surface area contributed by atoms with Crippen LogP contribution in [-0.2, 0) is 11.2 Å². The molecule has 1 aliphatic carbocycles. The summed E-state index contributed by atoms with van der Waals surface area (Å²) in [5.41, 5.74) is 2.44. The maximum absolute atomic E-state index is 11.3. The van der Waals surface area contributed by atoms with Gasteiger partial charge in [-0.1, -0.05) is 32.4 Å². The van der Waals surface area contributed by atoms with Crippen LogP contribution < -0.4 is 10.1 Å². The van der Waals surface area contributed by atoms with Crippen LogP contribution in [-0.4, -0.2) is 23.7 Å². The van der Waals surface area contributed by atoms with Gasteiger partial charge in [0.1, 0.15) is 5.75 Å². The van der Waals surface area contributed by atoms with Gasteiger partial charge in [0.15, 0.2) is 6.10 Å². The second kappa shape index (κ2) is 7.46. The normalized spacial score (nSPS) is 18.3. The van der Waals surface area contributed by atoms with E-state index in [1.54, 1.807) is 0 Å². The Hall–Kier alpha value is -1.55. The minimum atomic E-state index is -0.881. The molecule has 1 aromatic carbocycles. The quantitative estimate of drug-likeness (QED) is 0.771. The fraction of sp³-hybridized carbons (Fsp3) is 0.588. The second-order valence-corrected chi connectivity index (χ2v) is 5.60. The zero-order valence-corrected chi connectivity index (χ0v) is 12.9. The lowest BCUT2D eigenvalue weighted by Gasteiger charge is -2.18. The molecule has 2 unspecified atom stereocenters. The van der Waals surface area contributed by atoms with Gasteiger partial charge in [-0.15, -0.1) is 0 Å². The monoisotopic (exact) mass is 291 g/mol. The molecule has 0 saturated carbocycles. The van der Waals surface area contributed by atoms with E-state index < -0.39 is 12.1 Å². The molecule has 0 amide bonds. The number of fused-ring (bicyclic) bond motifs is 1. The van der Waals surface area contributed by atoms with Gasteiger partial charge < -0.3 is 15.2 Å². The largest absolute Gasteiger partial charge is 0.479 e. The SMILES string of the molecule is CCCNC1CCc2c(OC(CCC)C(=O)O)cccc21. The number of carboxylic acid groups (broad SMARTS) is 1. The maximum atomic E-state index is 11.3. The average molecular weight is 291 g/mol. The Balaban J connectivity index is 2.15. The molecule has 0 saturated heterocycles. The molecule has 2 atom stereocenters. The van der Waals surface area contributed by atoms with Crippen molar-refractivity contribution in [3.63, 3.8) is 0 Å². The van der Waals surface area contributed by atoms with Crippen LogP contribution in [0.4, 0.5) is 0 Å². The first-order valence-electron chi connectivity index (χ1n) is 7.92. The molecule has 0 aliphatic heterocycles. The van der Waals surface area contributed by atoms with Gasteiger partial charge in [-0.3, -0.25) is 0 Å². The first-order valence-corrected chi connectivity index (χ1v) is 7.92. The van der Waals surface area contributed by atoms with Crippen LogP contribution >= 0.6 is 0 Å². The minimum absolute atomic E-state index is 0.373. The van der Waals surface area contributed by atoms with E-state index in [0.717, 1.165) is 38.0 Å². The van der Waals surface area contributed by atoms with Gasteiger partial charge in [0, 0.05) is 6.04 Å². The third-order valence-electron chi connectivity index (χ3n) is 3.96. The van der Waals surface area contributed by atoms with E-state index in [1.165, 1.54) is 11.1 Å². The lowest BCUT2D eigenvalue weighted by molar-refractivity contribution is -0.145. The summed E-state index contributed by atoms with van der Waals surface area (Å²) < 4.78 is 5.78. The van der Waals surface area contributed by atoms with Gasteiger partial charge in [0.2, 0.25) is 0 Å². The van der Waals surface area contributed by atoms with Gasteiger partial charge in [0.25, 0.3) is 0 Å².